The molecule has 0 bridgehead atoms. The second kappa shape index (κ2) is 10.2. The number of hydrogen-bond acceptors (Lipinski definition) is 3. The van der Waals surface area contributed by atoms with E-state index in [0.29, 0.717) is 6.42 Å². The van der Waals surface area contributed by atoms with Crippen LogP contribution in [0.1, 0.15) is 38.3 Å². The molecule has 0 fully saturated rings. The van der Waals surface area contributed by atoms with Crippen molar-refractivity contribution in [2.24, 2.45) is 11.3 Å². The fourth-order valence-electron chi connectivity index (χ4n) is 3.55. The van der Waals surface area contributed by atoms with Gasteiger partial charge in [0.05, 0.1) is 5.41 Å². The molecule has 0 saturated heterocycles. The molecule has 0 aromatic heterocycles. The summed E-state index contributed by atoms with van der Waals surface area (Å²) in [6.07, 6.45) is 0.474. The maximum absolute atomic E-state index is 12.9. The molecule has 3 aromatic rings. The van der Waals surface area contributed by atoms with Gasteiger partial charge in [-0.1, -0.05) is 98.8 Å². The minimum absolute atomic E-state index is 0.0137. The first-order valence-electron chi connectivity index (χ1n) is 10.8. The Morgan fingerprint density at radius 3 is 1.90 bits per heavy atom. The third kappa shape index (κ3) is 5.91. The Morgan fingerprint density at radius 1 is 0.774 bits per heavy atom. The Hall–Kier alpha value is -3.20. The number of Topliss-reactive ketones (excluding diaryl/α,β-unsaturated/α-hetero) is 1. The smallest absolute Gasteiger partial charge is 0.312 e. The van der Waals surface area contributed by atoms with Crippen molar-refractivity contribution in [3.8, 4) is 11.1 Å². The zero-order chi connectivity index (χ0) is 22.3. The summed E-state index contributed by atoms with van der Waals surface area (Å²) in [5.41, 5.74) is 3.30. The molecule has 0 radical (unpaired) electrons. The molecule has 3 aromatic carbocycles. The highest BCUT2D eigenvalue weighted by Gasteiger charge is 2.40. The van der Waals surface area contributed by atoms with Crippen LogP contribution in [-0.2, 0) is 27.4 Å². The highest BCUT2D eigenvalue weighted by Crippen LogP contribution is 2.34. The van der Waals surface area contributed by atoms with E-state index in [1.54, 1.807) is 0 Å². The molecule has 160 valence electrons. The van der Waals surface area contributed by atoms with Crippen LogP contribution in [0.3, 0.4) is 0 Å². The molecular formula is C28H30O3. The zero-order valence-corrected chi connectivity index (χ0v) is 18.5. The Labute approximate surface area is 185 Å². The Kier molecular flexibility index (Phi) is 7.41. The lowest BCUT2D eigenvalue weighted by Crippen LogP contribution is -2.37. The van der Waals surface area contributed by atoms with Crippen molar-refractivity contribution in [3.63, 3.8) is 0 Å². The standard InChI is InChI=1S/C28H30O3/c1-21(2)28(3,27(30)31-20-23-10-6-4-7-11-23)19-26(29)18-22-14-16-25(17-15-22)24-12-8-5-9-13-24/h4-17,21H,18-20H2,1-3H3. The van der Waals surface area contributed by atoms with E-state index < -0.39 is 5.41 Å². The summed E-state index contributed by atoms with van der Waals surface area (Å²) in [4.78, 5) is 25.8. The molecule has 0 aliphatic rings. The predicted molar refractivity (Wildman–Crippen MR) is 124 cm³/mol. The summed E-state index contributed by atoms with van der Waals surface area (Å²) in [6, 6.07) is 27.8. The van der Waals surface area contributed by atoms with Gasteiger partial charge in [0.1, 0.15) is 12.4 Å². The van der Waals surface area contributed by atoms with E-state index in [-0.39, 0.29) is 30.7 Å². The topological polar surface area (TPSA) is 43.4 Å². The van der Waals surface area contributed by atoms with E-state index in [9.17, 15) is 9.59 Å². The van der Waals surface area contributed by atoms with Crippen LogP contribution < -0.4 is 0 Å². The molecule has 3 nitrogen and oxygen atoms in total. The Morgan fingerprint density at radius 2 is 1.32 bits per heavy atom. The fraction of sp³-hybridized carbons (Fsp3) is 0.286. The first-order valence-corrected chi connectivity index (χ1v) is 10.8. The molecule has 0 spiro atoms. The minimum atomic E-state index is -0.851. The average Bonchev–Trinajstić information content (AvgIpc) is 2.79. The van der Waals surface area contributed by atoms with Crippen molar-refractivity contribution in [3.05, 3.63) is 96.1 Å². The van der Waals surface area contributed by atoms with Gasteiger partial charge in [0, 0.05) is 12.8 Å². The summed E-state index contributed by atoms with van der Waals surface area (Å²) in [6.45, 7) is 5.98. The molecule has 1 unspecified atom stereocenters. The van der Waals surface area contributed by atoms with Gasteiger partial charge in [0.15, 0.2) is 0 Å². The number of hydrogen-bond donors (Lipinski definition) is 0. The quantitative estimate of drug-likeness (QED) is 0.388. The summed E-state index contributed by atoms with van der Waals surface area (Å²) in [5, 5.41) is 0. The van der Waals surface area contributed by atoms with Gasteiger partial charge in [-0.25, -0.2) is 0 Å². The molecule has 0 saturated carbocycles. The molecule has 0 heterocycles. The summed E-state index contributed by atoms with van der Waals surface area (Å²) in [5.74, 6) is -0.292. The van der Waals surface area contributed by atoms with E-state index >= 15 is 0 Å². The van der Waals surface area contributed by atoms with Crippen LogP contribution in [-0.4, -0.2) is 11.8 Å². The van der Waals surface area contributed by atoms with Crippen molar-refractivity contribution in [1.82, 2.24) is 0 Å². The third-order valence-electron chi connectivity index (χ3n) is 5.98. The van der Waals surface area contributed by atoms with Crippen molar-refractivity contribution >= 4 is 11.8 Å². The van der Waals surface area contributed by atoms with Crippen LogP contribution in [0.4, 0.5) is 0 Å². The number of esters is 1. The zero-order valence-electron chi connectivity index (χ0n) is 18.5. The van der Waals surface area contributed by atoms with E-state index in [0.717, 1.165) is 22.3 Å². The van der Waals surface area contributed by atoms with E-state index in [1.807, 2.05) is 93.6 Å². The minimum Gasteiger partial charge on any atom is -0.460 e. The van der Waals surface area contributed by atoms with Gasteiger partial charge in [-0.3, -0.25) is 9.59 Å². The van der Waals surface area contributed by atoms with Crippen LogP contribution in [0.15, 0.2) is 84.9 Å². The highest BCUT2D eigenvalue weighted by atomic mass is 16.5. The lowest BCUT2D eigenvalue weighted by Gasteiger charge is -2.30. The number of carbonyl (C=O) groups is 2. The molecule has 0 aliphatic heterocycles. The molecule has 0 amide bonds. The lowest BCUT2D eigenvalue weighted by molar-refractivity contribution is -0.161. The first kappa shape index (κ1) is 22.5. The molecule has 3 heteroatoms. The molecule has 1 atom stereocenters. The fourth-order valence-corrected chi connectivity index (χ4v) is 3.55. The Balaban J connectivity index is 1.62. The summed E-state index contributed by atoms with van der Waals surface area (Å²) < 4.78 is 5.58. The average molecular weight is 415 g/mol. The molecule has 31 heavy (non-hydrogen) atoms. The van der Waals surface area contributed by atoms with Crippen LogP contribution in [0.2, 0.25) is 0 Å². The van der Waals surface area contributed by atoms with Crippen molar-refractivity contribution in [2.75, 3.05) is 0 Å². The van der Waals surface area contributed by atoms with Crippen LogP contribution in [0, 0.1) is 11.3 Å². The van der Waals surface area contributed by atoms with E-state index in [2.05, 4.69) is 12.1 Å². The van der Waals surface area contributed by atoms with Gasteiger partial charge in [0.25, 0.3) is 0 Å². The van der Waals surface area contributed by atoms with Gasteiger partial charge < -0.3 is 4.74 Å². The van der Waals surface area contributed by atoms with Gasteiger partial charge in [0.2, 0.25) is 0 Å². The highest BCUT2D eigenvalue weighted by molar-refractivity contribution is 5.88. The van der Waals surface area contributed by atoms with Gasteiger partial charge in [-0.2, -0.15) is 0 Å². The molecule has 0 aliphatic carbocycles. The molecule has 3 rings (SSSR count). The normalized spacial score (nSPS) is 12.9. The van der Waals surface area contributed by atoms with Crippen molar-refractivity contribution in [1.29, 1.82) is 0 Å². The lowest BCUT2D eigenvalue weighted by atomic mass is 9.74. The molecular weight excluding hydrogens is 384 g/mol. The maximum Gasteiger partial charge on any atom is 0.312 e. The van der Waals surface area contributed by atoms with Gasteiger partial charge in [-0.05, 0) is 35.1 Å². The number of ether oxygens (including phenoxy) is 1. The van der Waals surface area contributed by atoms with Crippen LogP contribution in [0.5, 0.6) is 0 Å². The molecule has 0 N–H and O–H groups in total. The number of ketones is 1. The van der Waals surface area contributed by atoms with E-state index in [1.165, 1.54) is 0 Å². The maximum atomic E-state index is 12.9. The summed E-state index contributed by atoms with van der Waals surface area (Å²) in [7, 11) is 0. The van der Waals surface area contributed by atoms with Crippen molar-refractivity contribution in [2.45, 2.75) is 40.2 Å². The predicted octanol–water partition coefficient (Wildman–Crippen LogP) is 6.26. The number of carbonyl (C=O) groups excluding carboxylic acids is 2. The monoisotopic (exact) mass is 414 g/mol. The number of benzene rings is 3. The second-order valence-corrected chi connectivity index (χ2v) is 8.59. The largest absolute Gasteiger partial charge is 0.460 e. The van der Waals surface area contributed by atoms with E-state index in [4.69, 9.17) is 4.74 Å². The third-order valence-corrected chi connectivity index (χ3v) is 5.98. The van der Waals surface area contributed by atoms with Crippen LogP contribution >= 0.6 is 0 Å². The first-order chi connectivity index (χ1) is 14.9. The second-order valence-electron chi connectivity index (χ2n) is 8.59. The number of rotatable bonds is 9. The van der Waals surface area contributed by atoms with Gasteiger partial charge in [-0.15, -0.1) is 0 Å². The van der Waals surface area contributed by atoms with Gasteiger partial charge >= 0.3 is 5.97 Å². The Bertz CT molecular complexity index is 991. The van der Waals surface area contributed by atoms with Crippen molar-refractivity contribution < 1.29 is 14.3 Å². The van der Waals surface area contributed by atoms with Crippen LogP contribution in [0.25, 0.3) is 11.1 Å². The SMILES string of the molecule is CC(C)C(C)(CC(=O)Cc1ccc(-c2ccccc2)cc1)C(=O)OCc1ccccc1. The summed E-state index contributed by atoms with van der Waals surface area (Å²) >= 11 is 0.